The number of anilines is 1. The first-order valence-electron chi connectivity index (χ1n) is 11.5. The summed E-state index contributed by atoms with van der Waals surface area (Å²) in [6.45, 7) is 2.87. The molecule has 0 unspecified atom stereocenters. The van der Waals surface area contributed by atoms with Crippen molar-refractivity contribution in [2.24, 2.45) is 0 Å². The number of nitrogens with zero attached hydrogens (tertiary/aromatic N) is 2. The molecule has 1 fully saturated rings. The van der Waals surface area contributed by atoms with E-state index in [-0.39, 0.29) is 22.5 Å². The van der Waals surface area contributed by atoms with Gasteiger partial charge in [-0.2, -0.15) is 0 Å². The monoisotopic (exact) mass is 490 g/mol. The van der Waals surface area contributed by atoms with E-state index in [4.69, 9.17) is 0 Å². The summed E-state index contributed by atoms with van der Waals surface area (Å²) in [6, 6.07) is 20.8. The van der Waals surface area contributed by atoms with Crippen LogP contribution in [0.15, 0.2) is 82.5 Å². The molecule has 9 heteroatoms. The van der Waals surface area contributed by atoms with Crippen LogP contribution in [0.3, 0.4) is 0 Å². The second-order valence-corrected chi connectivity index (χ2v) is 10.5. The zero-order valence-electron chi connectivity index (χ0n) is 19.3. The Morgan fingerprint density at radius 2 is 1.60 bits per heavy atom. The third-order valence-electron chi connectivity index (χ3n) is 6.54. The lowest BCUT2D eigenvalue weighted by Crippen LogP contribution is -2.40. The molecule has 0 bridgehead atoms. The Labute approximate surface area is 203 Å². The summed E-state index contributed by atoms with van der Waals surface area (Å²) in [4.78, 5) is 30.3. The van der Waals surface area contributed by atoms with Crippen molar-refractivity contribution in [3.63, 3.8) is 0 Å². The predicted octanol–water partition coefficient (Wildman–Crippen LogP) is 3.92. The van der Waals surface area contributed by atoms with Gasteiger partial charge < -0.3 is 9.88 Å². The number of carbonyl (C=O) groups excluding carboxylic acids is 1. The van der Waals surface area contributed by atoms with Crippen molar-refractivity contribution in [1.29, 1.82) is 0 Å². The summed E-state index contributed by atoms with van der Waals surface area (Å²) in [6.07, 6.45) is 1.33. The van der Waals surface area contributed by atoms with Crippen molar-refractivity contribution in [3.05, 3.63) is 94.4 Å². The van der Waals surface area contributed by atoms with E-state index in [0.717, 1.165) is 16.6 Å². The third-order valence-corrected chi connectivity index (χ3v) is 7.92. The number of hydrogen-bond donors (Lipinski definition) is 2. The average molecular weight is 491 g/mol. The molecule has 0 aliphatic carbocycles. The molecule has 5 rings (SSSR count). The Kier molecular flexibility index (Phi) is 5.94. The van der Waals surface area contributed by atoms with E-state index in [0.29, 0.717) is 37.2 Å². The Balaban J connectivity index is 1.26. The van der Waals surface area contributed by atoms with Crippen LogP contribution in [0, 0.1) is 6.92 Å². The number of rotatable bonds is 5. The van der Waals surface area contributed by atoms with Gasteiger partial charge in [-0.15, -0.1) is 0 Å². The molecule has 4 aromatic rings. The SMILES string of the molecule is Cc1ccccc1NS(=O)(=O)c1ccc(C(=O)N2CCC(n3c(=O)[nH]c4ccccc43)CC2)cc1. The fourth-order valence-electron chi connectivity index (χ4n) is 4.61. The molecule has 1 amide bonds. The van der Waals surface area contributed by atoms with Crippen molar-refractivity contribution in [2.45, 2.75) is 30.7 Å². The van der Waals surface area contributed by atoms with Crippen molar-refractivity contribution in [2.75, 3.05) is 17.8 Å². The average Bonchev–Trinajstić information content (AvgIpc) is 3.21. The summed E-state index contributed by atoms with van der Waals surface area (Å²) in [5.41, 5.74) is 3.32. The third kappa shape index (κ3) is 4.46. The topological polar surface area (TPSA) is 104 Å². The highest BCUT2D eigenvalue weighted by atomic mass is 32.2. The molecule has 0 spiro atoms. The number of sulfonamides is 1. The lowest BCUT2D eigenvalue weighted by molar-refractivity contribution is 0.0695. The van der Waals surface area contributed by atoms with Crippen molar-refractivity contribution in [3.8, 4) is 0 Å². The summed E-state index contributed by atoms with van der Waals surface area (Å²) >= 11 is 0. The fraction of sp³-hybridized carbons (Fsp3) is 0.231. The number of para-hydroxylation sites is 3. The number of H-pyrrole nitrogens is 1. The first-order chi connectivity index (χ1) is 16.8. The second-order valence-electron chi connectivity index (χ2n) is 8.79. The zero-order chi connectivity index (χ0) is 24.6. The number of amides is 1. The van der Waals surface area contributed by atoms with E-state index in [1.165, 1.54) is 12.1 Å². The highest BCUT2D eigenvalue weighted by molar-refractivity contribution is 7.92. The zero-order valence-corrected chi connectivity index (χ0v) is 20.1. The number of aryl methyl sites for hydroxylation is 1. The minimum Gasteiger partial charge on any atom is -0.338 e. The van der Waals surface area contributed by atoms with Gasteiger partial charge in [0.25, 0.3) is 15.9 Å². The molecule has 0 atom stereocenters. The molecule has 1 aromatic heterocycles. The van der Waals surface area contributed by atoms with Gasteiger partial charge >= 0.3 is 5.69 Å². The van der Waals surface area contributed by atoms with Crippen LogP contribution in [0.1, 0.15) is 34.8 Å². The minimum atomic E-state index is -3.77. The number of fused-ring (bicyclic) bond motifs is 1. The van der Waals surface area contributed by atoms with Gasteiger partial charge in [-0.3, -0.25) is 14.1 Å². The molecule has 3 aromatic carbocycles. The standard InChI is InChI=1S/C26H26N4O4S/c1-18-6-2-3-7-22(18)28-35(33,34)21-12-10-19(11-13-21)25(31)29-16-14-20(15-17-29)30-24-9-5-4-8-23(24)27-26(30)32/h2-13,20,28H,14-17H2,1H3,(H,27,32). The van der Waals surface area contributed by atoms with E-state index < -0.39 is 10.0 Å². The van der Waals surface area contributed by atoms with Crippen molar-refractivity contribution < 1.29 is 13.2 Å². The first kappa shape index (κ1) is 22.9. The van der Waals surface area contributed by atoms with Gasteiger partial charge in [0.15, 0.2) is 0 Å². The van der Waals surface area contributed by atoms with Gasteiger partial charge in [0.05, 0.1) is 21.6 Å². The molecule has 1 aliphatic rings. The smallest absolute Gasteiger partial charge is 0.326 e. The largest absolute Gasteiger partial charge is 0.338 e. The van der Waals surface area contributed by atoms with Gasteiger partial charge in [0, 0.05) is 24.7 Å². The van der Waals surface area contributed by atoms with E-state index in [2.05, 4.69) is 9.71 Å². The number of aromatic nitrogens is 2. The van der Waals surface area contributed by atoms with Crippen molar-refractivity contribution in [1.82, 2.24) is 14.5 Å². The molecule has 180 valence electrons. The quantitative estimate of drug-likeness (QED) is 0.442. The van der Waals surface area contributed by atoms with E-state index in [1.54, 1.807) is 33.7 Å². The normalized spacial score (nSPS) is 14.8. The Hall–Kier alpha value is -3.85. The van der Waals surface area contributed by atoms with Crippen LogP contribution in [-0.2, 0) is 10.0 Å². The van der Waals surface area contributed by atoms with E-state index >= 15 is 0 Å². The number of likely N-dealkylation sites (tertiary alicyclic amines) is 1. The highest BCUT2D eigenvalue weighted by Crippen LogP contribution is 2.26. The van der Waals surface area contributed by atoms with Gasteiger partial charge in [0.1, 0.15) is 0 Å². The number of imidazole rings is 1. The maximum atomic E-state index is 13.1. The summed E-state index contributed by atoms with van der Waals surface area (Å²) in [5.74, 6) is -0.148. The second kappa shape index (κ2) is 9.07. The lowest BCUT2D eigenvalue weighted by atomic mass is 10.0. The molecular formula is C26H26N4O4S. The molecule has 2 heterocycles. The van der Waals surface area contributed by atoms with Crippen LogP contribution in [0.2, 0.25) is 0 Å². The Bertz CT molecular complexity index is 1550. The number of nitrogens with one attached hydrogen (secondary N) is 2. The summed E-state index contributed by atoms with van der Waals surface area (Å²) in [7, 11) is -3.77. The van der Waals surface area contributed by atoms with Crippen LogP contribution in [0.4, 0.5) is 5.69 Å². The number of hydrogen-bond acceptors (Lipinski definition) is 4. The van der Waals surface area contributed by atoms with E-state index in [9.17, 15) is 18.0 Å². The molecule has 0 radical (unpaired) electrons. The molecular weight excluding hydrogens is 464 g/mol. The Morgan fingerprint density at radius 3 is 2.31 bits per heavy atom. The van der Waals surface area contributed by atoms with Crippen LogP contribution in [0.5, 0.6) is 0 Å². The fourth-order valence-corrected chi connectivity index (χ4v) is 5.75. The number of aromatic amines is 1. The Morgan fingerprint density at radius 1 is 0.943 bits per heavy atom. The van der Waals surface area contributed by atoms with Gasteiger partial charge in [-0.1, -0.05) is 30.3 Å². The molecule has 0 saturated carbocycles. The maximum Gasteiger partial charge on any atom is 0.326 e. The summed E-state index contributed by atoms with van der Waals surface area (Å²) < 4.78 is 29.9. The molecule has 35 heavy (non-hydrogen) atoms. The van der Waals surface area contributed by atoms with Gasteiger partial charge in [-0.25, -0.2) is 13.2 Å². The molecule has 8 nitrogen and oxygen atoms in total. The number of carbonyl (C=O) groups is 1. The maximum absolute atomic E-state index is 13.1. The first-order valence-corrected chi connectivity index (χ1v) is 13.0. The molecule has 1 saturated heterocycles. The predicted molar refractivity (Wildman–Crippen MR) is 135 cm³/mol. The minimum absolute atomic E-state index is 0.0164. The number of piperidine rings is 1. The summed E-state index contributed by atoms with van der Waals surface area (Å²) in [5, 5.41) is 0. The molecule has 1 aliphatic heterocycles. The van der Waals surface area contributed by atoms with Crippen LogP contribution >= 0.6 is 0 Å². The van der Waals surface area contributed by atoms with Gasteiger partial charge in [-0.05, 0) is 67.8 Å². The van der Waals surface area contributed by atoms with Crippen LogP contribution in [-0.4, -0.2) is 41.9 Å². The van der Waals surface area contributed by atoms with Crippen molar-refractivity contribution >= 4 is 32.7 Å². The van der Waals surface area contributed by atoms with Crippen LogP contribution < -0.4 is 10.4 Å². The highest BCUT2D eigenvalue weighted by Gasteiger charge is 2.27. The number of benzene rings is 3. The molecule has 2 N–H and O–H groups in total. The van der Waals surface area contributed by atoms with Crippen LogP contribution in [0.25, 0.3) is 11.0 Å². The lowest BCUT2D eigenvalue weighted by Gasteiger charge is -2.32. The van der Waals surface area contributed by atoms with E-state index in [1.807, 2.05) is 43.3 Å². The van der Waals surface area contributed by atoms with Gasteiger partial charge in [0.2, 0.25) is 0 Å².